The van der Waals surface area contributed by atoms with Gasteiger partial charge in [0.15, 0.2) is 23.0 Å². The highest BCUT2D eigenvalue weighted by molar-refractivity contribution is 6.32. The van der Waals surface area contributed by atoms with Crippen molar-refractivity contribution in [1.29, 1.82) is 0 Å². The molecule has 14 heteroatoms. The van der Waals surface area contributed by atoms with Gasteiger partial charge in [-0.3, -0.25) is 0 Å². The summed E-state index contributed by atoms with van der Waals surface area (Å²) >= 11 is 6.07. The molecule has 0 spiro atoms. The lowest BCUT2D eigenvalue weighted by molar-refractivity contribution is -0.286. The Balaban J connectivity index is 1.78. The first kappa shape index (κ1) is 21.1. The number of pyridine rings is 1. The molecule has 1 aliphatic rings. The van der Waals surface area contributed by atoms with Crippen LogP contribution in [0.1, 0.15) is 11.3 Å². The molecule has 0 aliphatic carbocycles. The predicted molar refractivity (Wildman–Crippen MR) is 102 cm³/mol. The average Bonchev–Trinajstić information content (AvgIpc) is 3.28. The van der Waals surface area contributed by atoms with Gasteiger partial charge in [-0.25, -0.2) is 19.4 Å². The molecule has 0 unspecified atom stereocenters. The molecule has 5 rings (SSSR count). The van der Waals surface area contributed by atoms with Crippen LogP contribution in [0.3, 0.4) is 0 Å². The second-order valence-corrected chi connectivity index (χ2v) is 7.26. The van der Waals surface area contributed by atoms with Crippen molar-refractivity contribution < 1.29 is 35.8 Å². The normalized spacial score (nSPS) is 14.8. The fraction of sp³-hybridized carbons (Fsp3) is 0.158. The lowest BCUT2D eigenvalue weighted by Gasteiger charge is -2.09. The number of ether oxygens (including phenoxy) is 2. The van der Waals surface area contributed by atoms with Gasteiger partial charge in [-0.15, -0.1) is 8.78 Å². The zero-order valence-corrected chi connectivity index (χ0v) is 16.8. The number of hydrogen-bond acceptors (Lipinski definition) is 7. The van der Waals surface area contributed by atoms with Crippen LogP contribution in [-0.4, -0.2) is 26.0 Å². The van der Waals surface area contributed by atoms with Crippen LogP contribution >= 0.6 is 11.6 Å². The van der Waals surface area contributed by atoms with Gasteiger partial charge < -0.3 is 13.9 Å². The monoisotopic (exact) mass is 486 g/mol. The van der Waals surface area contributed by atoms with Crippen LogP contribution in [0.15, 0.2) is 39.7 Å². The third-order valence-corrected chi connectivity index (χ3v) is 4.92. The molecule has 0 N–H and O–H groups in total. The van der Waals surface area contributed by atoms with Crippen molar-refractivity contribution in [2.75, 3.05) is 0 Å². The van der Waals surface area contributed by atoms with Crippen molar-refractivity contribution in [1.82, 2.24) is 19.7 Å². The summed E-state index contributed by atoms with van der Waals surface area (Å²) in [5.41, 5.74) is -2.85. The van der Waals surface area contributed by atoms with Gasteiger partial charge in [-0.05, 0) is 30.7 Å². The quantitative estimate of drug-likeness (QED) is 0.378. The van der Waals surface area contributed by atoms with E-state index < -0.39 is 52.3 Å². The minimum Gasteiger partial charge on any atom is -0.401 e. The minimum atomic E-state index is -4.86. The fourth-order valence-corrected chi connectivity index (χ4v) is 3.48. The van der Waals surface area contributed by atoms with E-state index >= 15 is 0 Å². The molecule has 4 aromatic rings. The Hall–Kier alpha value is -3.74. The molecule has 4 heterocycles. The van der Waals surface area contributed by atoms with E-state index in [-0.39, 0.29) is 21.9 Å². The predicted octanol–water partition coefficient (Wildman–Crippen LogP) is 4.74. The molecule has 0 amide bonds. The SMILES string of the molecule is Cc1cc2c(c3c(=O)oc(-c4cc(C(F)(F)F)nn4-c4ncccc4Cl)nc13)OC(F)(F)O2. The maximum atomic E-state index is 13.5. The third-order valence-electron chi connectivity index (χ3n) is 4.62. The smallest absolute Gasteiger partial charge is 0.401 e. The summed E-state index contributed by atoms with van der Waals surface area (Å²) in [4.78, 5) is 20.8. The molecule has 0 fully saturated rings. The van der Waals surface area contributed by atoms with Crippen molar-refractivity contribution in [2.24, 2.45) is 0 Å². The first-order chi connectivity index (χ1) is 15.4. The van der Waals surface area contributed by atoms with Crippen molar-refractivity contribution in [3.63, 3.8) is 0 Å². The molecular formula is C19H8ClF5N4O4. The van der Waals surface area contributed by atoms with Crippen LogP contribution < -0.4 is 15.1 Å². The highest BCUT2D eigenvalue weighted by atomic mass is 35.5. The Labute approximate surface area is 184 Å². The number of halogens is 6. The molecule has 1 aromatic carbocycles. The van der Waals surface area contributed by atoms with Gasteiger partial charge in [-0.2, -0.15) is 18.3 Å². The van der Waals surface area contributed by atoms with E-state index in [4.69, 9.17) is 16.0 Å². The molecule has 170 valence electrons. The molecule has 0 saturated carbocycles. The van der Waals surface area contributed by atoms with Crippen LogP contribution in [-0.2, 0) is 6.18 Å². The molecular weight excluding hydrogens is 479 g/mol. The van der Waals surface area contributed by atoms with Crippen molar-refractivity contribution >= 4 is 22.5 Å². The second kappa shape index (κ2) is 6.88. The van der Waals surface area contributed by atoms with Gasteiger partial charge in [0, 0.05) is 12.3 Å². The molecule has 0 saturated heterocycles. The van der Waals surface area contributed by atoms with Crippen LogP contribution in [0.25, 0.3) is 28.3 Å². The van der Waals surface area contributed by atoms with Crippen molar-refractivity contribution in [3.8, 4) is 28.9 Å². The number of alkyl halides is 5. The van der Waals surface area contributed by atoms with Gasteiger partial charge in [-0.1, -0.05) is 11.6 Å². The lowest BCUT2D eigenvalue weighted by Crippen LogP contribution is -2.26. The van der Waals surface area contributed by atoms with Crippen LogP contribution in [0.4, 0.5) is 22.0 Å². The maximum absolute atomic E-state index is 13.5. The minimum absolute atomic E-state index is 0.0412. The summed E-state index contributed by atoms with van der Waals surface area (Å²) < 4.78 is 81.8. The highest BCUT2D eigenvalue weighted by Crippen LogP contribution is 2.45. The number of aryl methyl sites for hydroxylation is 1. The largest absolute Gasteiger partial charge is 0.586 e. The summed E-state index contributed by atoms with van der Waals surface area (Å²) in [5, 5.41) is 3.00. The summed E-state index contributed by atoms with van der Waals surface area (Å²) in [6.07, 6.45) is -7.59. The molecule has 0 atom stereocenters. The first-order valence-corrected chi connectivity index (χ1v) is 9.35. The molecule has 0 radical (unpaired) electrons. The molecule has 1 aliphatic heterocycles. The number of rotatable bonds is 2. The summed E-state index contributed by atoms with van der Waals surface area (Å²) in [6.45, 7) is 1.44. The van der Waals surface area contributed by atoms with Gasteiger partial charge in [0.1, 0.15) is 11.1 Å². The Morgan fingerprint density at radius 1 is 1.18 bits per heavy atom. The van der Waals surface area contributed by atoms with Crippen LogP contribution in [0.5, 0.6) is 11.5 Å². The van der Waals surface area contributed by atoms with E-state index in [9.17, 15) is 26.7 Å². The van der Waals surface area contributed by atoms with E-state index in [0.29, 0.717) is 6.07 Å². The molecule has 33 heavy (non-hydrogen) atoms. The van der Waals surface area contributed by atoms with Crippen LogP contribution in [0, 0.1) is 6.92 Å². The van der Waals surface area contributed by atoms with Gasteiger partial charge in [0.2, 0.25) is 5.89 Å². The van der Waals surface area contributed by atoms with E-state index in [1.54, 1.807) is 0 Å². The van der Waals surface area contributed by atoms with Crippen LogP contribution in [0.2, 0.25) is 5.02 Å². The zero-order valence-electron chi connectivity index (χ0n) is 16.1. The Bertz CT molecular complexity index is 1500. The maximum Gasteiger partial charge on any atom is 0.586 e. The molecule has 0 bridgehead atoms. The van der Waals surface area contributed by atoms with E-state index in [1.807, 2.05) is 0 Å². The Morgan fingerprint density at radius 3 is 2.64 bits per heavy atom. The number of hydrogen-bond donors (Lipinski definition) is 0. The highest BCUT2D eigenvalue weighted by Gasteiger charge is 2.45. The second-order valence-electron chi connectivity index (χ2n) is 6.85. The fourth-order valence-electron chi connectivity index (χ4n) is 3.28. The van der Waals surface area contributed by atoms with Crippen molar-refractivity contribution in [2.45, 2.75) is 19.4 Å². The van der Waals surface area contributed by atoms with Gasteiger partial charge in [0.05, 0.1) is 10.5 Å². The summed E-state index contributed by atoms with van der Waals surface area (Å²) in [6, 6.07) is 4.58. The van der Waals surface area contributed by atoms with Crippen molar-refractivity contribution in [3.05, 3.63) is 57.2 Å². The number of aromatic nitrogens is 4. The van der Waals surface area contributed by atoms with Gasteiger partial charge in [0.25, 0.3) is 0 Å². The molecule has 3 aromatic heterocycles. The number of nitrogens with zero attached hydrogens (tertiary/aromatic N) is 4. The number of benzene rings is 1. The van der Waals surface area contributed by atoms with E-state index in [0.717, 1.165) is 10.7 Å². The summed E-state index contributed by atoms with van der Waals surface area (Å²) in [5.74, 6) is -1.76. The Kier molecular flexibility index (Phi) is 4.40. The van der Waals surface area contributed by atoms with E-state index in [1.165, 1.54) is 25.3 Å². The summed E-state index contributed by atoms with van der Waals surface area (Å²) in [7, 11) is 0. The Morgan fingerprint density at radius 2 is 1.94 bits per heavy atom. The third kappa shape index (κ3) is 3.44. The standard InChI is InChI=1S/C19H8ClF5N4O4/c1-7-5-10-14(33-19(24,25)32-10)12-13(7)27-16(31-17(12)30)9-6-11(18(21,22)23)28-29(9)15-8(20)3-2-4-26-15/h2-6H,1H3. The topological polar surface area (TPSA) is 92.3 Å². The van der Waals surface area contributed by atoms with E-state index in [2.05, 4.69) is 24.5 Å². The average molecular weight is 487 g/mol. The molecule has 8 nitrogen and oxygen atoms in total. The number of fused-ring (bicyclic) bond motifs is 3. The lowest BCUT2D eigenvalue weighted by atomic mass is 10.1. The zero-order chi connectivity index (χ0) is 23.7. The van der Waals surface area contributed by atoms with Gasteiger partial charge >= 0.3 is 18.1 Å². The first-order valence-electron chi connectivity index (χ1n) is 8.97.